The smallest absolute Gasteiger partial charge is 0.228 e. The molecule has 0 aliphatic carbocycles. The number of benzene rings is 1. The summed E-state index contributed by atoms with van der Waals surface area (Å²) in [5, 5.41) is 5.99. The lowest BCUT2D eigenvalue weighted by Gasteiger charge is -2.22. The summed E-state index contributed by atoms with van der Waals surface area (Å²) in [4.78, 5) is 12.0. The first kappa shape index (κ1) is 14.9. The van der Waals surface area contributed by atoms with Crippen molar-refractivity contribution < 1.29 is 9.18 Å². The maximum Gasteiger partial charge on any atom is 0.228 e. The molecule has 0 bridgehead atoms. The summed E-state index contributed by atoms with van der Waals surface area (Å²) in [6.45, 7) is 3.54. The van der Waals surface area contributed by atoms with Gasteiger partial charge in [-0.3, -0.25) is 4.79 Å². The summed E-state index contributed by atoms with van der Waals surface area (Å²) in [5.41, 5.74) is 1.45. The van der Waals surface area contributed by atoms with Crippen LogP contribution in [-0.4, -0.2) is 19.0 Å². The third-order valence-corrected chi connectivity index (χ3v) is 3.13. The number of rotatable bonds is 2. The molecule has 3 nitrogen and oxygen atoms in total. The van der Waals surface area contributed by atoms with E-state index in [4.69, 9.17) is 0 Å². The lowest BCUT2D eigenvalue weighted by atomic mass is 9.98. The summed E-state index contributed by atoms with van der Waals surface area (Å²) in [6.07, 6.45) is 1.91. The third kappa shape index (κ3) is 3.68. The van der Waals surface area contributed by atoms with Crippen molar-refractivity contribution in [2.24, 2.45) is 5.92 Å². The van der Waals surface area contributed by atoms with Crippen LogP contribution in [0, 0.1) is 18.7 Å². The molecule has 1 aromatic rings. The van der Waals surface area contributed by atoms with E-state index in [0.29, 0.717) is 12.2 Å². The fraction of sp³-hybridized carbons (Fsp3) is 0.462. The number of nitrogens with one attached hydrogen (secondary N) is 2. The highest BCUT2D eigenvalue weighted by molar-refractivity contribution is 5.93. The average molecular weight is 273 g/mol. The van der Waals surface area contributed by atoms with Crippen LogP contribution in [0.3, 0.4) is 0 Å². The lowest BCUT2D eigenvalue weighted by Crippen LogP contribution is -2.37. The number of halogens is 2. The Bertz CT molecular complexity index is 419. The third-order valence-electron chi connectivity index (χ3n) is 3.13. The second kappa shape index (κ2) is 6.71. The van der Waals surface area contributed by atoms with Gasteiger partial charge in [-0.1, -0.05) is 6.07 Å². The molecule has 100 valence electrons. The van der Waals surface area contributed by atoms with E-state index in [1.54, 1.807) is 6.07 Å². The fourth-order valence-electron chi connectivity index (χ4n) is 2.04. The quantitative estimate of drug-likeness (QED) is 0.869. The number of amides is 1. The summed E-state index contributed by atoms with van der Waals surface area (Å²) < 4.78 is 13.1. The minimum Gasteiger partial charge on any atom is -0.325 e. The van der Waals surface area contributed by atoms with E-state index in [0.717, 1.165) is 24.9 Å². The molecule has 0 saturated carbocycles. The van der Waals surface area contributed by atoms with Gasteiger partial charge in [-0.15, -0.1) is 12.4 Å². The molecule has 1 aromatic carbocycles. The van der Waals surface area contributed by atoms with Crippen LogP contribution >= 0.6 is 12.4 Å². The highest BCUT2D eigenvalue weighted by atomic mass is 35.5. The normalized spacial score (nSPS) is 18.9. The van der Waals surface area contributed by atoms with Gasteiger partial charge in [-0.2, -0.15) is 0 Å². The van der Waals surface area contributed by atoms with Gasteiger partial charge in [0, 0.05) is 12.2 Å². The van der Waals surface area contributed by atoms with Crippen molar-refractivity contribution in [2.45, 2.75) is 19.8 Å². The van der Waals surface area contributed by atoms with Crippen LogP contribution in [0.2, 0.25) is 0 Å². The first-order chi connectivity index (χ1) is 8.16. The van der Waals surface area contributed by atoms with Gasteiger partial charge in [0.25, 0.3) is 0 Å². The zero-order valence-electron chi connectivity index (χ0n) is 10.3. The molecule has 5 heteroatoms. The van der Waals surface area contributed by atoms with Gasteiger partial charge in [-0.05, 0) is 44.0 Å². The van der Waals surface area contributed by atoms with E-state index < -0.39 is 0 Å². The van der Waals surface area contributed by atoms with E-state index in [1.807, 2.05) is 6.92 Å². The van der Waals surface area contributed by atoms with Gasteiger partial charge < -0.3 is 10.6 Å². The standard InChI is InChI=1S/C13H17FN2O.ClH/c1-9-4-5-11(14)7-12(9)16-13(17)10-3-2-6-15-8-10;/h4-5,7,10,15H,2-3,6,8H2,1H3,(H,16,17);1H/t10-;/m1./s1. The number of carbonyl (C=O) groups is 1. The predicted octanol–water partition coefficient (Wildman–Crippen LogP) is 2.49. The number of anilines is 1. The first-order valence-electron chi connectivity index (χ1n) is 5.94. The van der Waals surface area contributed by atoms with E-state index in [-0.39, 0.29) is 30.0 Å². The Morgan fingerprint density at radius 3 is 2.94 bits per heavy atom. The highest BCUT2D eigenvalue weighted by Gasteiger charge is 2.21. The molecule has 0 unspecified atom stereocenters. The molecular formula is C13H18ClFN2O. The molecule has 2 rings (SSSR count). The molecule has 1 saturated heterocycles. The minimum atomic E-state index is -0.326. The maximum absolute atomic E-state index is 13.1. The van der Waals surface area contributed by atoms with Crippen LogP contribution < -0.4 is 10.6 Å². The zero-order valence-corrected chi connectivity index (χ0v) is 11.1. The summed E-state index contributed by atoms with van der Waals surface area (Å²) >= 11 is 0. The Morgan fingerprint density at radius 2 is 2.28 bits per heavy atom. The molecule has 1 amide bonds. The largest absolute Gasteiger partial charge is 0.325 e. The zero-order chi connectivity index (χ0) is 12.3. The Kier molecular flexibility index (Phi) is 5.56. The monoisotopic (exact) mass is 272 g/mol. The van der Waals surface area contributed by atoms with Gasteiger partial charge in [0.05, 0.1) is 5.92 Å². The van der Waals surface area contributed by atoms with Crippen LogP contribution in [0.5, 0.6) is 0 Å². The first-order valence-corrected chi connectivity index (χ1v) is 5.94. The van der Waals surface area contributed by atoms with Crippen LogP contribution in [0.15, 0.2) is 18.2 Å². The molecular weight excluding hydrogens is 255 g/mol. The molecule has 2 N–H and O–H groups in total. The van der Waals surface area contributed by atoms with Crippen LogP contribution in [0.4, 0.5) is 10.1 Å². The SMILES string of the molecule is Cc1ccc(F)cc1NC(=O)[C@@H]1CCCNC1.Cl. The number of carbonyl (C=O) groups excluding carboxylic acids is 1. The van der Waals surface area contributed by atoms with E-state index in [9.17, 15) is 9.18 Å². The van der Waals surface area contributed by atoms with Crippen LogP contribution in [-0.2, 0) is 4.79 Å². The average Bonchev–Trinajstić information content (AvgIpc) is 2.35. The number of hydrogen-bond donors (Lipinski definition) is 2. The fourth-order valence-corrected chi connectivity index (χ4v) is 2.04. The summed E-state index contributed by atoms with van der Waals surface area (Å²) in [6, 6.07) is 4.43. The number of hydrogen-bond acceptors (Lipinski definition) is 2. The maximum atomic E-state index is 13.1. The molecule has 1 atom stereocenters. The van der Waals surface area contributed by atoms with Gasteiger partial charge in [-0.25, -0.2) is 4.39 Å². The number of aryl methyl sites for hydroxylation is 1. The van der Waals surface area contributed by atoms with E-state index in [2.05, 4.69) is 10.6 Å². The van der Waals surface area contributed by atoms with Crippen molar-refractivity contribution in [2.75, 3.05) is 18.4 Å². The molecule has 0 spiro atoms. The molecule has 1 heterocycles. The van der Waals surface area contributed by atoms with E-state index in [1.165, 1.54) is 12.1 Å². The topological polar surface area (TPSA) is 41.1 Å². The van der Waals surface area contributed by atoms with E-state index >= 15 is 0 Å². The molecule has 0 radical (unpaired) electrons. The Balaban J connectivity index is 0.00000162. The molecule has 1 fully saturated rings. The predicted molar refractivity (Wildman–Crippen MR) is 72.6 cm³/mol. The molecule has 1 aliphatic rings. The number of piperidine rings is 1. The summed E-state index contributed by atoms with van der Waals surface area (Å²) in [5.74, 6) is -0.356. The van der Waals surface area contributed by atoms with Crippen molar-refractivity contribution in [3.05, 3.63) is 29.6 Å². The Morgan fingerprint density at radius 1 is 1.50 bits per heavy atom. The highest BCUT2D eigenvalue weighted by Crippen LogP contribution is 2.18. The minimum absolute atomic E-state index is 0. The molecule has 18 heavy (non-hydrogen) atoms. The second-order valence-electron chi connectivity index (χ2n) is 4.49. The van der Waals surface area contributed by atoms with Gasteiger partial charge in [0.2, 0.25) is 5.91 Å². The van der Waals surface area contributed by atoms with Gasteiger partial charge in [0.15, 0.2) is 0 Å². The van der Waals surface area contributed by atoms with Crippen molar-refractivity contribution >= 4 is 24.0 Å². The summed E-state index contributed by atoms with van der Waals surface area (Å²) in [7, 11) is 0. The Labute approximate surface area is 113 Å². The van der Waals surface area contributed by atoms with Crippen molar-refractivity contribution in [1.82, 2.24) is 5.32 Å². The Hall–Kier alpha value is -1.13. The van der Waals surface area contributed by atoms with Crippen molar-refractivity contribution in [3.8, 4) is 0 Å². The van der Waals surface area contributed by atoms with Crippen molar-refractivity contribution in [3.63, 3.8) is 0 Å². The second-order valence-corrected chi connectivity index (χ2v) is 4.49. The van der Waals surface area contributed by atoms with Gasteiger partial charge in [0.1, 0.15) is 5.82 Å². The van der Waals surface area contributed by atoms with Gasteiger partial charge >= 0.3 is 0 Å². The molecule has 0 aromatic heterocycles. The molecule has 1 aliphatic heterocycles. The van der Waals surface area contributed by atoms with Crippen molar-refractivity contribution in [1.29, 1.82) is 0 Å². The van der Waals surface area contributed by atoms with Crippen LogP contribution in [0.1, 0.15) is 18.4 Å². The van der Waals surface area contributed by atoms with Crippen LogP contribution in [0.25, 0.3) is 0 Å². The lowest BCUT2D eigenvalue weighted by molar-refractivity contribution is -0.120.